The second kappa shape index (κ2) is 7.41. The van der Waals surface area contributed by atoms with Crippen molar-refractivity contribution in [2.24, 2.45) is 0 Å². The number of nitrogens with one attached hydrogen (secondary N) is 1. The van der Waals surface area contributed by atoms with Crippen molar-refractivity contribution in [2.45, 2.75) is 40.3 Å². The van der Waals surface area contributed by atoms with Gasteiger partial charge in [0.15, 0.2) is 0 Å². The van der Waals surface area contributed by atoms with E-state index in [0.717, 1.165) is 39.3 Å². The maximum absolute atomic E-state index is 5.32. The molecule has 1 rings (SSSR count). The first-order valence-electron chi connectivity index (χ1n) is 6.09. The average Bonchev–Trinajstić information content (AvgIpc) is 2.62. The summed E-state index contributed by atoms with van der Waals surface area (Å²) >= 11 is 0. The molecule has 0 amide bonds. The standard InChI is InChI=1S/C12H23N3O/c1-4-6-13-9-12-10-14-15(11(12)3)7-8-16-5-2/h10,13H,4-9H2,1-3H3. The summed E-state index contributed by atoms with van der Waals surface area (Å²) in [4.78, 5) is 0. The van der Waals surface area contributed by atoms with Crippen LogP contribution >= 0.6 is 0 Å². The molecular weight excluding hydrogens is 202 g/mol. The van der Waals surface area contributed by atoms with Crippen molar-refractivity contribution in [3.8, 4) is 0 Å². The first kappa shape index (κ1) is 13.2. The Hall–Kier alpha value is -0.870. The van der Waals surface area contributed by atoms with Gasteiger partial charge in [0, 0.05) is 24.4 Å². The number of aromatic nitrogens is 2. The lowest BCUT2D eigenvalue weighted by molar-refractivity contribution is 0.136. The number of ether oxygens (including phenoxy) is 1. The predicted molar refractivity (Wildman–Crippen MR) is 65.5 cm³/mol. The molecule has 0 aliphatic rings. The highest BCUT2D eigenvalue weighted by molar-refractivity contribution is 5.15. The lowest BCUT2D eigenvalue weighted by atomic mass is 10.2. The summed E-state index contributed by atoms with van der Waals surface area (Å²) in [5.74, 6) is 0. The molecule has 0 atom stereocenters. The van der Waals surface area contributed by atoms with Gasteiger partial charge < -0.3 is 10.1 Å². The van der Waals surface area contributed by atoms with E-state index < -0.39 is 0 Å². The minimum Gasteiger partial charge on any atom is -0.380 e. The molecular formula is C12H23N3O. The molecule has 1 N–H and O–H groups in total. The summed E-state index contributed by atoms with van der Waals surface area (Å²) in [5.41, 5.74) is 2.52. The number of rotatable bonds is 8. The third-order valence-electron chi connectivity index (χ3n) is 2.60. The summed E-state index contributed by atoms with van der Waals surface area (Å²) < 4.78 is 7.34. The summed E-state index contributed by atoms with van der Waals surface area (Å²) in [6, 6.07) is 0. The Morgan fingerprint density at radius 3 is 2.94 bits per heavy atom. The van der Waals surface area contributed by atoms with E-state index in [4.69, 9.17) is 4.74 Å². The fourth-order valence-electron chi connectivity index (χ4n) is 1.58. The Morgan fingerprint density at radius 1 is 1.44 bits per heavy atom. The SMILES string of the molecule is CCCNCc1cnn(CCOCC)c1C. The molecule has 92 valence electrons. The van der Waals surface area contributed by atoms with Crippen LogP contribution in [0.25, 0.3) is 0 Å². The molecule has 0 bridgehead atoms. The van der Waals surface area contributed by atoms with Crippen LogP contribution in [0.4, 0.5) is 0 Å². The Kier molecular flexibility index (Phi) is 6.11. The average molecular weight is 225 g/mol. The van der Waals surface area contributed by atoms with Gasteiger partial charge in [0.2, 0.25) is 0 Å². The summed E-state index contributed by atoms with van der Waals surface area (Å²) in [7, 11) is 0. The van der Waals surface area contributed by atoms with E-state index in [0.29, 0.717) is 0 Å². The van der Waals surface area contributed by atoms with Crippen LogP contribution in [0.5, 0.6) is 0 Å². The van der Waals surface area contributed by atoms with E-state index in [2.05, 4.69) is 24.3 Å². The molecule has 4 nitrogen and oxygen atoms in total. The molecule has 0 spiro atoms. The van der Waals surface area contributed by atoms with Gasteiger partial charge in [-0.15, -0.1) is 0 Å². The van der Waals surface area contributed by atoms with Crippen molar-refractivity contribution in [3.05, 3.63) is 17.5 Å². The van der Waals surface area contributed by atoms with Crippen molar-refractivity contribution < 1.29 is 4.74 Å². The molecule has 0 radical (unpaired) electrons. The van der Waals surface area contributed by atoms with Gasteiger partial charge in [0.25, 0.3) is 0 Å². The molecule has 0 aliphatic carbocycles. The molecule has 16 heavy (non-hydrogen) atoms. The maximum Gasteiger partial charge on any atom is 0.0662 e. The van der Waals surface area contributed by atoms with Crippen molar-refractivity contribution in [1.82, 2.24) is 15.1 Å². The third kappa shape index (κ3) is 3.94. The highest BCUT2D eigenvalue weighted by atomic mass is 16.5. The normalized spacial score (nSPS) is 10.9. The number of hydrogen-bond donors (Lipinski definition) is 1. The van der Waals surface area contributed by atoms with Gasteiger partial charge in [-0.2, -0.15) is 5.10 Å². The van der Waals surface area contributed by atoms with E-state index in [1.54, 1.807) is 0 Å². The Morgan fingerprint density at radius 2 is 2.25 bits per heavy atom. The van der Waals surface area contributed by atoms with Gasteiger partial charge in [0.05, 0.1) is 19.3 Å². The molecule has 0 saturated carbocycles. The van der Waals surface area contributed by atoms with Crippen LogP contribution in [0.15, 0.2) is 6.20 Å². The molecule has 0 saturated heterocycles. The second-order valence-corrected chi connectivity index (χ2v) is 3.85. The zero-order valence-corrected chi connectivity index (χ0v) is 10.6. The summed E-state index contributed by atoms with van der Waals surface area (Å²) in [6.45, 7) is 10.6. The summed E-state index contributed by atoms with van der Waals surface area (Å²) in [5, 5.41) is 7.75. The van der Waals surface area contributed by atoms with Crippen molar-refractivity contribution in [2.75, 3.05) is 19.8 Å². The van der Waals surface area contributed by atoms with Crippen LogP contribution in [-0.4, -0.2) is 29.5 Å². The van der Waals surface area contributed by atoms with E-state index >= 15 is 0 Å². The molecule has 0 aliphatic heterocycles. The van der Waals surface area contributed by atoms with E-state index in [1.807, 2.05) is 17.8 Å². The zero-order chi connectivity index (χ0) is 11.8. The van der Waals surface area contributed by atoms with Gasteiger partial charge in [-0.1, -0.05) is 6.92 Å². The first-order chi connectivity index (χ1) is 7.79. The van der Waals surface area contributed by atoms with Crippen LogP contribution in [0.3, 0.4) is 0 Å². The van der Waals surface area contributed by atoms with E-state index in [1.165, 1.54) is 11.3 Å². The zero-order valence-electron chi connectivity index (χ0n) is 10.6. The lowest BCUT2D eigenvalue weighted by Crippen LogP contribution is -2.15. The van der Waals surface area contributed by atoms with Gasteiger partial charge >= 0.3 is 0 Å². The lowest BCUT2D eigenvalue weighted by Gasteiger charge is -2.06. The predicted octanol–water partition coefficient (Wildman–Crippen LogP) is 1.73. The molecule has 4 heteroatoms. The molecule has 0 unspecified atom stereocenters. The van der Waals surface area contributed by atoms with Crippen LogP contribution in [0.1, 0.15) is 31.5 Å². The monoisotopic (exact) mass is 225 g/mol. The molecule has 1 heterocycles. The van der Waals surface area contributed by atoms with Gasteiger partial charge in [0.1, 0.15) is 0 Å². The third-order valence-corrected chi connectivity index (χ3v) is 2.60. The Balaban J connectivity index is 2.41. The van der Waals surface area contributed by atoms with Crippen molar-refractivity contribution in [1.29, 1.82) is 0 Å². The van der Waals surface area contributed by atoms with Crippen LogP contribution in [-0.2, 0) is 17.8 Å². The molecule has 1 aromatic rings. The van der Waals surface area contributed by atoms with Crippen LogP contribution in [0.2, 0.25) is 0 Å². The molecule has 0 aromatic carbocycles. The smallest absolute Gasteiger partial charge is 0.0662 e. The first-order valence-corrected chi connectivity index (χ1v) is 6.09. The Labute approximate surface area is 98.0 Å². The number of hydrogen-bond acceptors (Lipinski definition) is 3. The fourth-order valence-corrected chi connectivity index (χ4v) is 1.58. The van der Waals surface area contributed by atoms with Gasteiger partial charge in [-0.3, -0.25) is 4.68 Å². The van der Waals surface area contributed by atoms with E-state index in [9.17, 15) is 0 Å². The highest BCUT2D eigenvalue weighted by Gasteiger charge is 2.05. The quantitative estimate of drug-likeness (QED) is 0.685. The Bertz CT molecular complexity index is 269. The largest absolute Gasteiger partial charge is 0.380 e. The van der Waals surface area contributed by atoms with Crippen LogP contribution < -0.4 is 5.32 Å². The minimum absolute atomic E-state index is 0.737. The highest BCUT2D eigenvalue weighted by Crippen LogP contribution is 2.06. The number of nitrogens with zero attached hydrogens (tertiary/aromatic N) is 2. The van der Waals surface area contributed by atoms with Gasteiger partial charge in [-0.05, 0) is 26.8 Å². The maximum atomic E-state index is 5.32. The van der Waals surface area contributed by atoms with Gasteiger partial charge in [-0.25, -0.2) is 0 Å². The van der Waals surface area contributed by atoms with E-state index in [-0.39, 0.29) is 0 Å². The van der Waals surface area contributed by atoms with Crippen molar-refractivity contribution in [3.63, 3.8) is 0 Å². The topological polar surface area (TPSA) is 39.1 Å². The summed E-state index contributed by atoms with van der Waals surface area (Å²) in [6.07, 6.45) is 3.11. The van der Waals surface area contributed by atoms with Crippen molar-refractivity contribution >= 4 is 0 Å². The molecule has 0 fully saturated rings. The van der Waals surface area contributed by atoms with Crippen LogP contribution in [0, 0.1) is 6.92 Å². The minimum atomic E-state index is 0.737. The second-order valence-electron chi connectivity index (χ2n) is 3.85. The fraction of sp³-hybridized carbons (Fsp3) is 0.750. The molecule has 1 aromatic heterocycles.